The Hall–Kier alpha value is -2.11. The van der Waals surface area contributed by atoms with E-state index >= 15 is 0 Å². The molecule has 6 nitrogen and oxygen atoms in total. The number of carbonyl (C=O) groups is 2. The van der Waals surface area contributed by atoms with Crippen LogP contribution in [0.2, 0.25) is 0 Å². The van der Waals surface area contributed by atoms with E-state index < -0.39 is 17.5 Å². The third-order valence-corrected chi connectivity index (χ3v) is 4.20. The van der Waals surface area contributed by atoms with E-state index in [1.807, 2.05) is 18.7 Å². The molecular formula is C15H18N2O4. The maximum Gasteiger partial charge on any atom is 0.343 e. The van der Waals surface area contributed by atoms with Crippen LogP contribution in [0.15, 0.2) is 12.3 Å². The lowest BCUT2D eigenvalue weighted by Crippen LogP contribution is -2.39. The molecule has 6 heteroatoms. The van der Waals surface area contributed by atoms with Crippen LogP contribution in [0.1, 0.15) is 42.6 Å². The van der Waals surface area contributed by atoms with Crippen LogP contribution in [0.5, 0.6) is 0 Å². The zero-order valence-electron chi connectivity index (χ0n) is 12.1. The molecule has 0 saturated carbocycles. The van der Waals surface area contributed by atoms with Gasteiger partial charge in [-0.25, -0.2) is 9.78 Å². The van der Waals surface area contributed by atoms with Gasteiger partial charge in [-0.3, -0.25) is 4.79 Å². The van der Waals surface area contributed by atoms with Crippen molar-refractivity contribution in [1.82, 2.24) is 4.98 Å². The molecule has 21 heavy (non-hydrogen) atoms. The number of anilines is 1. The van der Waals surface area contributed by atoms with Crippen LogP contribution in [-0.2, 0) is 15.1 Å². The van der Waals surface area contributed by atoms with Crippen molar-refractivity contribution >= 4 is 17.8 Å². The molecule has 0 spiro atoms. The zero-order valence-corrected chi connectivity index (χ0v) is 12.1. The van der Waals surface area contributed by atoms with Crippen LogP contribution in [0.3, 0.4) is 0 Å². The van der Waals surface area contributed by atoms with Gasteiger partial charge in [-0.05, 0) is 32.8 Å². The van der Waals surface area contributed by atoms with Gasteiger partial charge in [0.2, 0.25) is 0 Å². The van der Waals surface area contributed by atoms with E-state index in [4.69, 9.17) is 4.74 Å². The van der Waals surface area contributed by atoms with E-state index in [0.717, 1.165) is 12.0 Å². The number of hydrogen-bond acceptors (Lipinski definition) is 5. The molecule has 0 radical (unpaired) electrons. The topological polar surface area (TPSA) is 79.7 Å². The molecule has 1 saturated heterocycles. The second-order valence-corrected chi connectivity index (χ2v) is 6.08. The first kappa shape index (κ1) is 13.9. The molecular weight excluding hydrogens is 272 g/mol. The van der Waals surface area contributed by atoms with Crippen molar-refractivity contribution < 1.29 is 19.4 Å². The Labute approximate surface area is 122 Å². The standard InChI is InChI=1S/C15H18N2O4/c1-15(2)10-5-6-16-12(11(10)14(20)21-15)17-7-3-4-9(8-17)13(18)19/h5-6,9H,3-4,7-8H2,1-2H3,(H,18,19). The highest BCUT2D eigenvalue weighted by Crippen LogP contribution is 2.40. The molecule has 3 heterocycles. The Morgan fingerprint density at radius 3 is 3.00 bits per heavy atom. The summed E-state index contributed by atoms with van der Waals surface area (Å²) in [5.41, 5.74) is 0.634. The van der Waals surface area contributed by atoms with Crippen LogP contribution in [0.4, 0.5) is 5.82 Å². The van der Waals surface area contributed by atoms with Crippen LogP contribution < -0.4 is 4.90 Å². The first-order valence-electron chi connectivity index (χ1n) is 7.11. The first-order chi connectivity index (χ1) is 9.90. The number of rotatable bonds is 2. The monoisotopic (exact) mass is 290 g/mol. The summed E-state index contributed by atoms with van der Waals surface area (Å²) in [6.45, 7) is 4.78. The molecule has 2 aliphatic rings. The fraction of sp³-hybridized carbons (Fsp3) is 0.533. The molecule has 1 aromatic heterocycles. The van der Waals surface area contributed by atoms with Gasteiger partial charge in [-0.1, -0.05) is 0 Å². The van der Waals surface area contributed by atoms with Gasteiger partial charge in [0, 0.05) is 24.8 Å². The summed E-state index contributed by atoms with van der Waals surface area (Å²) in [6.07, 6.45) is 3.10. The molecule has 0 bridgehead atoms. The summed E-state index contributed by atoms with van der Waals surface area (Å²) >= 11 is 0. The number of aromatic nitrogens is 1. The normalized spacial score (nSPS) is 23.6. The number of carbonyl (C=O) groups excluding carboxylic acids is 1. The maximum absolute atomic E-state index is 12.2. The van der Waals surface area contributed by atoms with Crippen LogP contribution >= 0.6 is 0 Å². The number of esters is 1. The molecule has 1 N–H and O–H groups in total. The summed E-state index contributed by atoms with van der Waals surface area (Å²) in [5.74, 6) is -1.04. The summed E-state index contributed by atoms with van der Waals surface area (Å²) < 4.78 is 5.40. The van der Waals surface area contributed by atoms with Crippen LogP contribution in [-0.4, -0.2) is 35.1 Å². The van der Waals surface area contributed by atoms with E-state index in [1.165, 1.54) is 0 Å². The van der Waals surface area contributed by atoms with Gasteiger partial charge in [0.1, 0.15) is 17.0 Å². The summed E-state index contributed by atoms with van der Waals surface area (Å²) in [6, 6.07) is 1.79. The zero-order chi connectivity index (χ0) is 15.2. The van der Waals surface area contributed by atoms with Crippen molar-refractivity contribution in [3.63, 3.8) is 0 Å². The van der Waals surface area contributed by atoms with Crippen molar-refractivity contribution in [3.8, 4) is 0 Å². The fourth-order valence-electron chi connectivity index (χ4n) is 3.10. The van der Waals surface area contributed by atoms with E-state index in [9.17, 15) is 14.7 Å². The summed E-state index contributed by atoms with van der Waals surface area (Å²) in [7, 11) is 0. The first-order valence-corrected chi connectivity index (χ1v) is 7.11. The quantitative estimate of drug-likeness (QED) is 0.836. The average Bonchev–Trinajstić information content (AvgIpc) is 2.69. The number of hydrogen-bond donors (Lipinski definition) is 1. The highest BCUT2D eigenvalue weighted by Gasteiger charge is 2.41. The molecule has 1 atom stereocenters. The second-order valence-electron chi connectivity index (χ2n) is 6.08. The number of carboxylic acids is 1. The van der Waals surface area contributed by atoms with Crippen molar-refractivity contribution in [1.29, 1.82) is 0 Å². The highest BCUT2D eigenvalue weighted by molar-refractivity contribution is 5.99. The lowest BCUT2D eigenvalue weighted by atomic mass is 9.95. The number of cyclic esters (lactones) is 1. The predicted molar refractivity (Wildman–Crippen MR) is 75.3 cm³/mol. The Morgan fingerprint density at radius 2 is 2.29 bits per heavy atom. The smallest absolute Gasteiger partial charge is 0.343 e. The third kappa shape index (κ3) is 2.24. The van der Waals surface area contributed by atoms with E-state index in [1.54, 1.807) is 12.3 Å². The van der Waals surface area contributed by atoms with Gasteiger partial charge in [0.05, 0.1) is 5.92 Å². The summed E-state index contributed by atoms with van der Waals surface area (Å²) in [4.78, 5) is 29.6. The molecule has 0 aromatic carbocycles. The van der Waals surface area contributed by atoms with Gasteiger partial charge in [0.15, 0.2) is 0 Å². The molecule has 0 amide bonds. The lowest BCUT2D eigenvalue weighted by molar-refractivity contribution is -0.141. The molecule has 112 valence electrons. The number of aliphatic carboxylic acids is 1. The van der Waals surface area contributed by atoms with Crippen molar-refractivity contribution in [2.75, 3.05) is 18.0 Å². The molecule has 3 rings (SSSR count). The maximum atomic E-state index is 12.2. The third-order valence-electron chi connectivity index (χ3n) is 4.20. The van der Waals surface area contributed by atoms with E-state index in [2.05, 4.69) is 4.98 Å². The SMILES string of the molecule is CC1(C)OC(=O)c2c1ccnc2N1CCCC(C(=O)O)C1. The highest BCUT2D eigenvalue weighted by atomic mass is 16.6. The number of piperidine rings is 1. The largest absolute Gasteiger partial charge is 0.481 e. The molecule has 0 aliphatic carbocycles. The van der Waals surface area contributed by atoms with Crippen molar-refractivity contribution in [2.24, 2.45) is 5.92 Å². The van der Waals surface area contributed by atoms with E-state index in [-0.39, 0.29) is 5.97 Å². The van der Waals surface area contributed by atoms with Crippen LogP contribution in [0, 0.1) is 5.92 Å². The number of pyridine rings is 1. The molecule has 1 aromatic rings. The summed E-state index contributed by atoms with van der Waals surface area (Å²) in [5, 5.41) is 9.19. The van der Waals surface area contributed by atoms with Gasteiger partial charge in [-0.15, -0.1) is 0 Å². The van der Waals surface area contributed by atoms with E-state index in [0.29, 0.717) is 30.9 Å². The second kappa shape index (κ2) is 4.72. The van der Waals surface area contributed by atoms with Gasteiger partial charge in [-0.2, -0.15) is 0 Å². The number of carboxylic acid groups (broad SMARTS) is 1. The molecule has 1 fully saturated rings. The fourth-order valence-corrected chi connectivity index (χ4v) is 3.10. The Morgan fingerprint density at radius 1 is 1.52 bits per heavy atom. The Balaban J connectivity index is 1.99. The average molecular weight is 290 g/mol. The Kier molecular flexibility index (Phi) is 3.11. The number of ether oxygens (including phenoxy) is 1. The van der Waals surface area contributed by atoms with Crippen molar-refractivity contribution in [2.45, 2.75) is 32.3 Å². The minimum atomic E-state index is -0.796. The minimum Gasteiger partial charge on any atom is -0.481 e. The lowest BCUT2D eigenvalue weighted by Gasteiger charge is -2.32. The number of fused-ring (bicyclic) bond motifs is 1. The molecule has 2 aliphatic heterocycles. The Bertz CT molecular complexity index is 612. The van der Waals surface area contributed by atoms with Gasteiger partial charge < -0.3 is 14.7 Å². The number of nitrogens with zero attached hydrogens (tertiary/aromatic N) is 2. The van der Waals surface area contributed by atoms with Gasteiger partial charge >= 0.3 is 11.9 Å². The molecule has 1 unspecified atom stereocenters. The van der Waals surface area contributed by atoms with Gasteiger partial charge in [0.25, 0.3) is 0 Å². The minimum absolute atomic E-state index is 0.379. The predicted octanol–water partition coefficient (Wildman–Crippen LogP) is 1.79. The van der Waals surface area contributed by atoms with Crippen molar-refractivity contribution in [3.05, 3.63) is 23.4 Å². The van der Waals surface area contributed by atoms with Crippen LogP contribution in [0.25, 0.3) is 0 Å².